The Kier molecular flexibility index (Phi) is 4.82. The Labute approximate surface area is 152 Å². The lowest BCUT2D eigenvalue weighted by molar-refractivity contribution is 0.871. The molecule has 0 bridgehead atoms. The van der Waals surface area contributed by atoms with Gasteiger partial charge in [-0.15, -0.1) is 0 Å². The van der Waals surface area contributed by atoms with Gasteiger partial charge in [-0.2, -0.15) is 14.9 Å². The summed E-state index contributed by atoms with van der Waals surface area (Å²) >= 11 is 23.5. The highest BCUT2D eigenvalue weighted by molar-refractivity contribution is 7.71. The van der Waals surface area contributed by atoms with Crippen LogP contribution in [0.2, 0.25) is 15.1 Å². The van der Waals surface area contributed by atoms with Crippen LogP contribution in [0.15, 0.2) is 47.6 Å². The van der Waals surface area contributed by atoms with Crippen LogP contribution in [0.5, 0.6) is 0 Å². The fraction of sp³-hybridized carbons (Fsp3) is 0. The van der Waals surface area contributed by atoms with Gasteiger partial charge in [0.25, 0.3) is 0 Å². The first-order chi connectivity index (χ1) is 11.1. The van der Waals surface area contributed by atoms with Crippen LogP contribution in [-0.2, 0) is 0 Å². The number of halogens is 3. The number of nitrogens with one attached hydrogen (secondary N) is 1. The minimum Gasteiger partial charge on any atom is -0.250 e. The Morgan fingerprint density at radius 2 is 1.87 bits per heavy atom. The third kappa shape index (κ3) is 3.48. The van der Waals surface area contributed by atoms with Gasteiger partial charge in [-0.1, -0.05) is 53.0 Å². The number of aromatic amines is 1. The number of H-pyrrole nitrogens is 1. The second-order valence-electron chi connectivity index (χ2n) is 4.55. The number of rotatable bonds is 3. The molecule has 8 heteroatoms. The first-order valence-corrected chi connectivity index (χ1v) is 8.02. The first kappa shape index (κ1) is 16.2. The second kappa shape index (κ2) is 6.84. The zero-order chi connectivity index (χ0) is 16.4. The van der Waals surface area contributed by atoms with Gasteiger partial charge in [0, 0.05) is 21.2 Å². The highest BCUT2D eigenvalue weighted by Crippen LogP contribution is 2.29. The molecule has 116 valence electrons. The lowest BCUT2D eigenvalue weighted by Crippen LogP contribution is -1.96. The first-order valence-electron chi connectivity index (χ1n) is 6.48. The molecular weight excluding hydrogens is 375 g/mol. The predicted octanol–water partition coefficient (Wildman–Crippen LogP) is 5.45. The lowest BCUT2D eigenvalue weighted by Gasteiger charge is -2.04. The van der Waals surface area contributed by atoms with E-state index in [0.717, 1.165) is 5.56 Å². The molecule has 0 unspecified atom stereocenters. The van der Waals surface area contributed by atoms with E-state index in [4.69, 9.17) is 47.0 Å². The molecule has 1 aromatic heterocycles. The Hall–Kier alpha value is -1.66. The molecule has 0 atom stereocenters. The average molecular weight is 384 g/mol. The van der Waals surface area contributed by atoms with Gasteiger partial charge >= 0.3 is 0 Å². The quantitative estimate of drug-likeness (QED) is 0.483. The zero-order valence-electron chi connectivity index (χ0n) is 11.5. The monoisotopic (exact) mass is 382 g/mol. The van der Waals surface area contributed by atoms with Crippen LogP contribution in [0.4, 0.5) is 0 Å². The van der Waals surface area contributed by atoms with Gasteiger partial charge in [0.2, 0.25) is 4.77 Å². The maximum absolute atomic E-state index is 6.23. The third-order valence-electron chi connectivity index (χ3n) is 3.04. The number of nitrogens with zero attached hydrogens (tertiary/aromatic N) is 3. The molecule has 23 heavy (non-hydrogen) atoms. The smallest absolute Gasteiger partial charge is 0.216 e. The molecule has 1 N–H and O–H groups in total. The summed E-state index contributed by atoms with van der Waals surface area (Å²) in [6, 6.07) is 12.5. The summed E-state index contributed by atoms with van der Waals surface area (Å²) in [6.07, 6.45) is 1.61. The molecule has 1 heterocycles. The van der Waals surface area contributed by atoms with Gasteiger partial charge in [0.05, 0.1) is 11.2 Å². The zero-order valence-corrected chi connectivity index (χ0v) is 14.6. The van der Waals surface area contributed by atoms with Crippen molar-refractivity contribution in [1.82, 2.24) is 14.9 Å². The van der Waals surface area contributed by atoms with E-state index in [9.17, 15) is 0 Å². The van der Waals surface area contributed by atoms with Crippen molar-refractivity contribution >= 4 is 53.2 Å². The number of benzene rings is 2. The molecule has 0 spiro atoms. The highest BCUT2D eigenvalue weighted by Gasteiger charge is 2.12. The van der Waals surface area contributed by atoms with Gasteiger partial charge in [-0.3, -0.25) is 0 Å². The van der Waals surface area contributed by atoms with Crippen LogP contribution in [0.25, 0.3) is 11.4 Å². The van der Waals surface area contributed by atoms with Gasteiger partial charge in [-0.05, 0) is 36.5 Å². The summed E-state index contributed by atoms with van der Waals surface area (Å²) in [6.45, 7) is 0. The number of hydrogen-bond donors (Lipinski definition) is 1. The predicted molar refractivity (Wildman–Crippen MR) is 97.3 cm³/mol. The summed E-state index contributed by atoms with van der Waals surface area (Å²) in [5.41, 5.74) is 1.44. The maximum Gasteiger partial charge on any atom is 0.216 e. The summed E-state index contributed by atoms with van der Waals surface area (Å²) in [5.74, 6) is 0.486. The van der Waals surface area contributed by atoms with Crippen molar-refractivity contribution < 1.29 is 0 Å². The molecule has 0 fully saturated rings. The van der Waals surface area contributed by atoms with Crippen LogP contribution in [0.1, 0.15) is 5.56 Å². The van der Waals surface area contributed by atoms with E-state index in [1.165, 1.54) is 4.68 Å². The molecular formula is C15H9Cl3N4S. The molecule has 2 aromatic carbocycles. The SMILES string of the molecule is S=c1[nH]nc(-c2ccc(Cl)cc2Cl)n1/N=C\c1ccccc1Cl. The van der Waals surface area contributed by atoms with Gasteiger partial charge in [0.15, 0.2) is 5.82 Å². The third-order valence-corrected chi connectivity index (χ3v) is 4.20. The average Bonchev–Trinajstić information content (AvgIpc) is 2.87. The van der Waals surface area contributed by atoms with Crippen LogP contribution in [0, 0.1) is 4.77 Å². The molecule has 0 saturated heterocycles. The summed E-state index contributed by atoms with van der Waals surface area (Å²) < 4.78 is 1.82. The normalized spacial score (nSPS) is 11.3. The van der Waals surface area contributed by atoms with E-state index in [0.29, 0.717) is 31.2 Å². The van der Waals surface area contributed by atoms with E-state index in [2.05, 4.69) is 15.3 Å². The van der Waals surface area contributed by atoms with Crippen molar-refractivity contribution in [3.05, 3.63) is 67.9 Å². The van der Waals surface area contributed by atoms with Crippen molar-refractivity contribution in [2.24, 2.45) is 5.10 Å². The number of hydrogen-bond acceptors (Lipinski definition) is 3. The van der Waals surface area contributed by atoms with Crippen LogP contribution < -0.4 is 0 Å². The standard InChI is InChI=1S/C15H9Cl3N4S/c16-10-5-6-11(13(18)7-10)14-20-21-15(23)22(14)19-8-9-3-1-2-4-12(9)17/h1-8H,(H,21,23)/b19-8-. The lowest BCUT2D eigenvalue weighted by atomic mass is 10.2. The van der Waals surface area contributed by atoms with Crippen molar-refractivity contribution in [2.45, 2.75) is 0 Å². The van der Waals surface area contributed by atoms with E-state index in [1.54, 1.807) is 30.5 Å². The highest BCUT2D eigenvalue weighted by atomic mass is 35.5. The molecule has 0 aliphatic heterocycles. The fourth-order valence-electron chi connectivity index (χ4n) is 1.94. The molecule has 4 nitrogen and oxygen atoms in total. The molecule has 0 saturated carbocycles. The van der Waals surface area contributed by atoms with E-state index in [1.807, 2.05) is 18.2 Å². The minimum absolute atomic E-state index is 0.342. The fourth-order valence-corrected chi connectivity index (χ4v) is 2.80. The molecule has 3 aromatic rings. The molecule has 3 rings (SSSR count). The molecule has 0 amide bonds. The molecule has 0 aliphatic carbocycles. The second-order valence-corrected chi connectivity index (χ2v) is 6.19. The summed E-state index contributed by atoms with van der Waals surface area (Å²) in [5, 5.41) is 12.8. The Bertz CT molecular complexity index is 946. The summed E-state index contributed by atoms with van der Waals surface area (Å²) in [4.78, 5) is 0. The Balaban J connectivity index is 2.06. The van der Waals surface area contributed by atoms with Crippen molar-refractivity contribution in [1.29, 1.82) is 0 Å². The van der Waals surface area contributed by atoms with Crippen molar-refractivity contribution in [2.75, 3.05) is 0 Å². The van der Waals surface area contributed by atoms with Crippen molar-refractivity contribution in [3.63, 3.8) is 0 Å². The van der Waals surface area contributed by atoms with Crippen molar-refractivity contribution in [3.8, 4) is 11.4 Å². The summed E-state index contributed by atoms with van der Waals surface area (Å²) in [7, 11) is 0. The maximum atomic E-state index is 6.23. The largest absolute Gasteiger partial charge is 0.250 e. The van der Waals surface area contributed by atoms with Gasteiger partial charge in [0.1, 0.15) is 0 Å². The van der Waals surface area contributed by atoms with Gasteiger partial charge < -0.3 is 0 Å². The van der Waals surface area contributed by atoms with E-state index < -0.39 is 0 Å². The number of aromatic nitrogens is 3. The molecule has 0 radical (unpaired) electrons. The van der Waals surface area contributed by atoms with Crippen LogP contribution in [-0.4, -0.2) is 21.1 Å². The Morgan fingerprint density at radius 1 is 1.09 bits per heavy atom. The van der Waals surface area contributed by atoms with Crippen LogP contribution in [0.3, 0.4) is 0 Å². The van der Waals surface area contributed by atoms with E-state index >= 15 is 0 Å². The molecule has 0 aliphatic rings. The van der Waals surface area contributed by atoms with Crippen LogP contribution >= 0.6 is 47.0 Å². The van der Waals surface area contributed by atoms with Gasteiger partial charge in [-0.25, -0.2) is 5.10 Å². The Morgan fingerprint density at radius 3 is 2.61 bits per heavy atom. The minimum atomic E-state index is 0.342. The topological polar surface area (TPSA) is 46.0 Å². The van der Waals surface area contributed by atoms with E-state index in [-0.39, 0.29) is 0 Å².